The number of aliphatic hydroxyl groups excluding tert-OH is 1. The molecule has 2 atom stereocenters. The number of piperidine rings is 2. The Labute approximate surface area is 226 Å². The van der Waals surface area contributed by atoms with Gasteiger partial charge in [0, 0.05) is 66.3 Å². The molecule has 3 fully saturated rings. The molecule has 1 amide bonds. The number of β-amino-alcohol motifs (C(OH)–C–C–N with tert-alkyl or cyclic N) is 1. The minimum atomic E-state index is -0.674. The molecule has 4 aliphatic rings. The van der Waals surface area contributed by atoms with E-state index in [-0.39, 0.29) is 23.3 Å². The number of nitrogens with one attached hydrogen (secondary N) is 1. The third kappa shape index (κ3) is 5.96. The lowest BCUT2D eigenvalue weighted by Gasteiger charge is -2.42. The Balaban J connectivity index is 1.09. The average molecular weight is 552 g/mol. The Morgan fingerprint density at radius 1 is 1.14 bits per heavy atom. The summed E-state index contributed by atoms with van der Waals surface area (Å²) in [5, 5.41) is 16.2. The summed E-state index contributed by atoms with van der Waals surface area (Å²) < 4.78 is 26.7. The fraction of sp³-hybridized carbons (Fsp3) is 0.536. The van der Waals surface area contributed by atoms with E-state index in [9.17, 15) is 18.7 Å². The molecule has 5 nitrogen and oxygen atoms in total. The summed E-state index contributed by atoms with van der Waals surface area (Å²) in [5.74, 6) is -1.39. The van der Waals surface area contributed by atoms with Crippen LogP contribution >= 0.6 is 23.2 Å². The molecule has 9 heteroatoms. The van der Waals surface area contributed by atoms with Crippen LogP contribution in [0.4, 0.5) is 8.78 Å². The van der Waals surface area contributed by atoms with E-state index in [4.69, 9.17) is 23.2 Å². The second-order valence-corrected chi connectivity index (χ2v) is 11.7. The van der Waals surface area contributed by atoms with E-state index in [0.717, 1.165) is 67.9 Å². The first-order valence-electron chi connectivity index (χ1n) is 13.1. The van der Waals surface area contributed by atoms with Crippen LogP contribution in [0, 0.1) is 23.0 Å². The predicted molar refractivity (Wildman–Crippen MR) is 142 cm³/mol. The van der Waals surface area contributed by atoms with Crippen molar-refractivity contribution in [1.82, 2.24) is 15.1 Å². The normalized spacial score (nSPS) is 25.6. The van der Waals surface area contributed by atoms with Gasteiger partial charge in [0.25, 0.3) is 0 Å². The van der Waals surface area contributed by atoms with Crippen LogP contribution < -0.4 is 5.32 Å². The van der Waals surface area contributed by atoms with E-state index >= 15 is 0 Å². The van der Waals surface area contributed by atoms with Crippen molar-refractivity contribution in [2.24, 2.45) is 11.3 Å². The number of hydrogen-bond donors (Lipinski definition) is 2. The van der Waals surface area contributed by atoms with Gasteiger partial charge >= 0.3 is 0 Å². The number of nitrogens with zero attached hydrogens (tertiary/aromatic N) is 2. The predicted octanol–water partition coefficient (Wildman–Crippen LogP) is 4.65. The van der Waals surface area contributed by atoms with E-state index in [2.05, 4.69) is 10.2 Å². The second-order valence-electron chi connectivity index (χ2n) is 10.8. The molecule has 0 radical (unpaired) electrons. The lowest BCUT2D eigenvalue weighted by Crippen LogP contribution is -2.47. The molecule has 200 valence electrons. The highest BCUT2D eigenvalue weighted by Gasteiger charge is 2.47. The van der Waals surface area contributed by atoms with E-state index in [1.165, 1.54) is 29.9 Å². The van der Waals surface area contributed by atoms with Crippen molar-refractivity contribution in [3.63, 3.8) is 0 Å². The average Bonchev–Trinajstić information content (AvgIpc) is 3.21. The molecule has 3 aliphatic heterocycles. The Bertz CT molecular complexity index is 1100. The number of allylic oxidation sites excluding steroid dienone is 2. The maximum Gasteiger partial charge on any atom is 0.246 e. The summed E-state index contributed by atoms with van der Waals surface area (Å²) in [5.41, 5.74) is 1.70. The quantitative estimate of drug-likeness (QED) is 0.523. The fourth-order valence-corrected chi connectivity index (χ4v) is 7.20. The van der Waals surface area contributed by atoms with Gasteiger partial charge in [0.2, 0.25) is 5.91 Å². The summed E-state index contributed by atoms with van der Waals surface area (Å²) >= 11 is 12.9. The molecule has 2 N–H and O–H groups in total. The van der Waals surface area contributed by atoms with Crippen LogP contribution in [-0.2, 0) is 4.79 Å². The lowest BCUT2D eigenvalue weighted by molar-refractivity contribution is -0.128. The number of amides is 1. The fourth-order valence-electron chi connectivity index (χ4n) is 6.42. The van der Waals surface area contributed by atoms with Crippen molar-refractivity contribution in [3.05, 3.63) is 63.2 Å². The lowest BCUT2D eigenvalue weighted by atomic mass is 9.71. The highest BCUT2D eigenvalue weighted by molar-refractivity contribution is 6.35. The van der Waals surface area contributed by atoms with Gasteiger partial charge < -0.3 is 20.2 Å². The number of halogens is 4. The summed E-state index contributed by atoms with van der Waals surface area (Å²) in [6.07, 6.45) is 8.53. The number of fused-ring (bicyclic) bond motifs is 2. The van der Waals surface area contributed by atoms with E-state index in [0.29, 0.717) is 25.2 Å². The van der Waals surface area contributed by atoms with Crippen LogP contribution in [0.3, 0.4) is 0 Å². The first-order chi connectivity index (χ1) is 17.7. The van der Waals surface area contributed by atoms with Crippen LogP contribution in [0.1, 0.15) is 37.7 Å². The molecule has 0 saturated carbocycles. The van der Waals surface area contributed by atoms with Crippen molar-refractivity contribution < 1.29 is 18.7 Å². The van der Waals surface area contributed by atoms with Gasteiger partial charge in [0.1, 0.15) is 11.6 Å². The minimum Gasteiger partial charge on any atom is -0.392 e. The molecule has 0 bridgehead atoms. The number of hydrogen-bond acceptors (Lipinski definition) is 4. The largest absolute Gasteiger partial charge is 0.392 e. The summed E-state index contributed by atoms with van der Waals surface area (Å²) in [4.78, 5) is 16.6. The van der Waals surface area contributed by atoms with Crippen molar-refractivity contribution in [1.29, 1.82) is 0 Å². The van der Waals surface area contributed by atoms with Gasteiger partial charge in [-0.25, -0.2) is 8.78 Å². The maximum atomic E-state index is 13.4. The summed E-state index contributed by atoms with van der Waals surface area (Å²) in [6, 6.07) is 3.41. The molecule has 1 aromatic rings. The standard InChI is InChI=1S/C28H33Cl2F2N3O2/c29-20-13-23(30)27-24(14-20)33-17-28(27)5-9-34(10-6-28)16-25(36)19-3-7-35(8-4-19)26(37)2-1-18-11-21(31)15-22(32)12-18/h1-2,11-13,15,19,24-25,33,36H,3-10,14,16-17H2/b2-1+. The summed E-state index contributed by atoms with van der Waals surface area (Å²) in [6.45, 7) is 4.50. The molecule has 37 heavy (non-hydrogen) atoms. The number of benzene rings is 1. The Kier molecular flexibility index (Phi) is 8.08. The van der Waals surface area contributed by atoms with Gasteiger partial charge in [0.15, 0.2) is 0 Å². The molecule has 2 unspecified atom stereocenters. The van der Waals surface area contributed by atoms with E-state index in [1.807, 2.05) is 6.08 Å². The zero-order valence-corrected chi connectivity index (χ0v) is 22.2. The molecular weight excluding hydrogens is 519 g/mol. The molecule has 1 spiro atoms. The second kappa shape index (κ2) is 11.1. The summed E-state index contributed by atoms with van der Waals surface area (Å²) in [7, 11) is 0. The zero-order valence-electron chi connectivity index (χ0n) is 20.7. The maximum absolute atomic E-state index is 13.4. The number of likely N-dealkylation sites (tertiary alicyclic amines) is 2. The van der Waals surface area contributed by atoms with Gasteiger partial charge in [-0.2, -0.15) is 0 Å². The van der Waals surface area contributed by atoms with Crippen molar-refractivity contribution in [2.45, 2.75) is 44.2 Å². The molecule has 3 heterocycles. The van der Waals surface area contributed by atoms with Gasteiger partial charge in [-0.05, 0) is 80.1 Å². The van der Waals surface area contributed by atoms with Crippen LogP contribution in [0.2, 0.25) is 0 Å². The third-order valence-electron chi connectivity index (χ3n) is 8.50. The topological polar surface area (TPSA) is 55.8 Å². The van der Waals surface area contributed by atoms with E-state index < -0.39 is 17.7 Å². The van der Waals surface area contributed by atoms with Gasteiger partial charge in [-0.1, -0.05) is 23.2 Å². The Morgan fingerprint density at radius 2 is 1.81 bits per heavy atom. The number of aliphatic hydroxyl groups is 1. The SMILES string of the molecule is O=C(/C=C/c1cc(F)cc(F)c1)N1CCC(C(O)CN2CCC3(CC2)CNC2CC(Cl)=CC(Cl)=C23)CC1. The Hall–Kier alpha value is -1.77. The first kappa shape index (κ1) is 26.8. The number of carbonyl (C=O) groups excluding carboxylic acids is 1. The van der Waals surface area contributed by atoms with Crippen LogP contribution in [-0.4, -0.2) is 72.2 Å². The highest BCUT2D eigenvalue weighted by atomic mass is 35.5. The first-order valence-corrected chi connectivity index (χ1v) is 13.8. The highest BCUT2D eigenvalue weighted by Crippen LogP contribution is 2.49. The van der Waals surface area contributed by atoms with Crippen LogP contribution in [0.25, 0.3) is 6.08 Å². The molecule has 5 rings (SSSR count). The molecule has 0 aromatic heterocycles. The van der Waals surface area contributed by atoms with Crippen LogP contribution in [0.5, 0.6) is 0 Å². The van der Waals surface area contributed by atoms with Crippen molar-refractivity contribution in [3.8, 4) is 0 Å². The van der Waals surface area contributed by atoms with E-state index in [1.54, 1.807) is 4.90 Å². The zero-order chi connectivity index (χ0) is 26.2. The van der Waals surface area contributed by atoms with Crippen molar-refractivity contribution in [2.75, 3.05) is 39.3 Å². The minimum absolute atomic E-state index is 0.0772. The monoisotopic (exact) mass is 551 g/mol. The molecule has 1 aliphatic carbocycles. The number of carbonyl (C=O) groups is 1. The Morgan fingerprint density at radius 3 is 2.49 bits per heavy atom. The smallest absolute Gasteiger partial charge is 0.246 e. The van der Waals surface area contributed by atoms with Crippen molar-refractivity contribution >= 4 is 35.2 Å². The third-order valence-corrected chi connectivity index (χ3v) is 9.08. The van der Waals surface area contributed by atoms with Gasteiger partial charge in [0.05, 0.1) is 6.10 Å². The van der Waals surface area contributed by atoms with Gasteiger partial charge in [-0.3, -0.25) is 4.79 Å². The number of rotatable bonds is 5. The van der Waals surface area contributed by atoms with Crippen LogP contribution in [0.15, 0.2) is 46.0 Å². The molecule has 3 saturated heterocycles. The molecule has 1 aromatic carbocycles. The molecular formula is C28H33Cl2F2N3O2. The van der Waals surface area contributed by atoms with Gasteiger partial charge in [-0.15, -0.1) is 0 Å².